The average molecular weight is 349 g/mol. The molecule has 1 saturated heterocycles. The summed E-state index contributed by atoms with van der Waals surface area (Å²) in [5.41, 5.74) is 1.85. The van der Waals surface area contributed by atoms with Gasteiger partial charge in [0.1, 0.15) is 0 Å². The summed E-state index contributed by atoms with van der Waals surface area (Å²) in [6.07, 6.45) is 7.78. The average Bonchev–Trinajstić information content (AvgIpc) is 3.13. The third kappa shape index (κ3) is 2.89. The lowest BCUT2D eigenvalue weighted by Gasteiger charge is -2.37. The lowest BCUT2D eigenvalue weighted by Crippen LogP contribution is -2.48. The number of nitrogens with zero attached hydrogens (tertiary/aromatic N) is 5. The van der Waals surface area contributed by atoms with Crippen LogP contribution in [0.2, 0.25) is 0 Å². The van der Waals surface area contributed by atoms with Crippen LogP contribution in [-0.2, 0) is 6.54 Å². The number of benzene rings is 1. The molecular weight excluding hydrogens is 330 g/mol. The predicted octanol–water partition coefficient (Wildman–Crippen LogP) is 2.43. The Hall–Kier alpha value is -2.96. The summed E-state index contributed by atoms with van der Waals surface area (Å²) < 4.78 is 7.36. The van der Waals surface area contributed by atoms with Crippen molar-refractivity contribution in [2.24, 2.45) is 0 Å². The number of likely N-dealkylation sites (tertiary alicyclic amines) is 1. The monoisotopic (exact) mass is 349 g/mol. The van der Waals surface area contributed by atoms with Gasteiger partial charge in [0.25, 0.3) is 5.91 Å². The summed E-state index contributed by atoms with van der Waals surface area (Å²) in [7, 11) is 0. The maximum absolute atomic E-state index is 12.6. The fourth-order valence-corrected chi connectivity index (χ4v) is 3.25. The van der Waals surface area contributed by atoms with E-state index in [1.54, 1.807) is 12.5 Å². The van der Waals surface area contributed by atoms with Crippen LogP contribution in [0.15, 0.2) is 47.5 Å². The molecule has 7 heteroatoms. The molecule has 0 bridgehead atoms. The Labute approximate surface area is 150 Å². The molecule has 7 nitrogen and oxygen atoms in total. The molecular formula is C19H19N5O2. The van der Waals surface area contributed by atoms with Crippen molar-refractivity contribution in [1.29, 1.82) is 0 Å². The Morgan fingerprint density at radius 1 is 1.15 bits per heavy atom. The molecule has 26 heavy (non-hydrogen) atoms. The second kappa shape index (κ2) is 6.09. The van der Waals surface area contributed by atoms with E-state index in [0.29, 0.717) is 30.5 Å². The largest absolute Gasteiger partial charge is 0.339 e. The number of carbonyl (C=O) groups is 1. The molecule has 1 aliphatic carbocycles. The van der Waals surface area contributed by atoms with Crippen LogP contribution in [0.1, 0.15) is 52.3 Å². The van der Waals surface area contributed by atoms with Gasteiger partial charge in [-0.3, -0.25) is 4.79 Å². The van der Waals surface area contributed by atoms with Crippen molar-refractivity contribution in [3.63, 3.8) is 0 Å². The molecule has 0 radical (unpaired) electrons. The Morgan fingerprint density at radius 2 is 1.96 bits per heavy atom. The lowest BCUT2D eigenvalue weighted by molar-refractivity contribution is 0.0569. The second-order valence-electron chi connectivity index (χ2n) is 7.10. The predicted molar refractivity (Wildman–Crippen MR) is 92.7 cm³/mol. The van der Waals surface area contributed by atoms with Crippen molar-refractivity contribution in [2.45, 2.75) is 31.2 Å². The highest BCUT2D eigenvalue weighted by Gasteiger charge is 2.37. The Kier molecular flexibility index (Phi) is 3.58. The SMILES string of the molecule is O=C(c1ccc(Cn2ccnc2)cc1)N1CC(c2nc(C3CC3)no2)C1. The van der Waals surface area contributed by atoms with Gasteiger partial charge in [-0.25, -0.2) is 4.98 Å². The first-order chi connectivity index (χ1) is 12.8. The van der Waals surface area contributed by atoms with Gasteiger partial charge in [-0.15, -0.1) is 0 Å². The van der Waals surface area contributed by atoms with Gasteiger partial charge in [0.05, 0.1) is 12.2 Å². The smallest absolute Gasteiger partial charge is 0.253 e. The fourth-order valence-electron chi connectivity index (χ4n) is 3.25. The third-order valence-electron chi connectivity index (χ3n) is 5.04. The van der Waals surface area contributed by atoms with Crippen LogP contribution in [0.25, 0.3) is 0 Å². The zero-order valence-electron chi connectivity index (χ0n) is 14.3. The molecule has 5 rings (SSSR count). The van der Waals surface area contributed by atoms with Crippen molar-refractivity contribution >= 4 is 5.91 Å². The van der Waals surface area contributed by atoms with E-state index in [1.165, 1.54) is 0 Å². The van der Waals surface area contributed by atoms with Gasteiger partial charge < -0.3 is 14.0 Å². The molecule has 1 aliphatic heterocycles. The van der Waals surface area contributed by atoms with Gasteiger partial charge in [-0.2, -0.15) is 4.98 Å². The molecule has 2 aliphatic rings. The number of carbonyl (C=O) groups excluding carboxylic acids is 1. The van der Waals surface area contributed by atoms with E-state index in [2.05, 4.69) is 15.1 Å². The zero-order valence-corrected chi connectivity index (χ0v) is 14.3. The number of hydrogen-bond donors (Lipinski definition) is 0. The maximum Gasteiger partial charge on any atom is 0.253 e. The third-order valence-corrected chi connectivity index (χ3v) is 5.04. The van der Waals surface area contributed by atoms with Crippen molar-refractivity contribution in [2.75, 3.05) is 13.1 Å². The standard InChI is InChI=1S/C19H19N5O2/c25-19(15-3-1-13(2-4-15)9-23-8-7-20-12-23)24-10-16(11-24)18-21-17(22-26-18)14-5-6-14/h1-4,7-8,12,14,16H,5-6,9-11H2. The highest BCUT2D eigenvalue weighted by Crippen LogP contribution is 2.39. The summed E-state index contributed by atoms with van der Waals surface area (Å²) in [5.74, 6) is 2.22. The van der Waals surface area contributed by atoms with E-state index >= 15 is 0 Å². The molecule has 132 valence electrons. The van der Waals surface area contributed by atoms with E-state index in [9.17, 15) is 4.79 Å². The van der Waals surface area contributed by atoms with Crippen LogP contribution in [0.5, 0.6) is 0 Å². The minimum atomic E-state index is 0.0531. The van der Waals surface area contributed by atoms with Crippen LogP contribution in [0.3, 0.4) is 0 Å². The molecule has 0 unspecified atom stereocenters. The van der Waals surface area contributed by atoms with Crippen LogP contribution < -0.4 is 0 Å². The fraction of sp³-hybridized carbons (Fsp3) is 0.368. The van der Waals surface area contributed by atoms with E-state index in [-0.39, 0.29) is 11.8 Å². The van der Waals surface area contributed by atoms with Crippen molar-refractivity contribution in [1.82, 2.24) is 24.6 Å². The molecule has 1 aromatic carbocycles. The highest BCUT2D eigenvalue weighted by molar-refractivity contribution is 5.94. The molecule has 1 saturated carbocycles. The Balaban J connectivity index is 1.19. The first kappa shape index (κ1) is 15.3. The quantitative estimate of drug-likeness (QED) is 0.707. The van der Waals surface area contributed by atoms with E-state index in [1.807, 2.05) is 39.9 Å². The number of imidazole rings is 1. The Bertz CT molecular complexity index is 906. The first-order valence-corrected chi connectivity index (χ1v) is 8.94. The number of hydrogen-bond acceptors (Lipinski definition) is 5. The molecule has 3 aromatic rings. The highest BCUT2D eigenvalue weighted by atomic mass is 16.5. The van der Waals surface area contributed by atoms with Crippen molar-refractivity contribution in [3.05, 3.63) is 65.8 Å². The minimum Gasteiger partial charge on any atom is -0.339 e. The van der Waals surface area contributed by atoms with Gasteiger partial charge >= 0.3 is 0 Å². The van der Waals surface area contributed by atoms with Gasteiger partial charge in [0.15, 0.2) is 5.82 Å². The van der Waals surface area contributed by atoms with Crippen molar-refractivity contribution < 1.29 is 9.32 Å². The van der Waals surface area contributed by atoms with Crippen molar-refractivity contribution in [3.8, 4) is 0 Å². The number of rotatable bonds is 5. The van der Waals surface area contributed by atoms with E-state index in [4.69, 9.17) is 4.52 Å². The number of aromatic nitrogens is 4. The van der Waals surface area contributed by atoms with Gasteiger partial charge in [-0.05, 0) is 30.5 Å². The maximum atomic E-state index is 12.6. The summed E-state index contributed by atoms with van der Waals surface area (Å²) in [5, 5.41) is 4.05. The molecule has 0 atom stereocenters. The zero-order chi connectivity index (χ0) is 17.5. The van der Waals surface area contributed by atoms with Crippen LogP contribution in [0.4, 0.5) is 0 Å². The second-order valence-corrected chi connectivity index (χ2v) is 7.10. The number of amides is 1. The summed E-state index contributed by atoms with van der Waals surface area (Å²) >= 11 is 0. The molecule has 0 spiro atoms. The normalized spacial score (nSPS) is 17.3. The summed E-state index contributed by atoms with van der Waals surface area (Å²) in [6.45, 7) is 2.03. The molecule has 0 N–H and O–H groups in total. The minimum absolute atomic E-state index is 0.0531. The van der Waals surface area contributed by atoms with E-state index < -0.39 is 0 Å². The molecule has 3 heterocycles. The molecule has 2 aromatic heterocycles. The van der Waals surface area contributed by atoms with Crippen LogP contribution >= 0.6 is 0 Å². The molecule has 2 fully saturated rings. The summed E-state index contributed by atoms with van der Waals surface area (Å²) in [6, 6.07) is 7.76. The summed E-state index contributed by atoms with van der Waals surface area (Å²) in [4.78, 5) is 23.0. The van der Waals surface area contributed by atoms with Gasteiger partial charge in [-0.1, -0.05) is 17.3 Å². The molecule has 1 amide bonds. The lowest BCUT2D eigenvalue weighted by atomic mass is 9.98. The first-order valence-electron chi connectivity index (χ1n) is 8.94. The topological polar surface area (TPSA) is 77.1 Å². The van der Waals surface area contributed by atoms with Gasteiger partial charge in [0.2, 0.25) is 5.89 Å². The van der Waals surface area contributed by atoms with Crippen LogP contribution in [0, 0.1) is 0 Å². The Morgan fingerprint density at radius 3 is 2.65 bits per heavy atom. The van der Waals surface area contributed by atoms with Crippen LogP contribution in [-0.4, -0.2) is 43.6 Å². The van der Waals surface area contributed by atoms with Gasteiger partial charge in [0, 0.05) is 43.5 Å². The van der Waals surface area contributed by atoms with E-state index in [0.717, 1.165) is 30.8 Å².